The lowest BCUT2D eigenvalue weighted by Gasteiger charge is -2.08. The normalized spacial score (nSPS) is 10.9. The summed E-state index contributed by atoms with van der Waals surface area (Å²) < 4.78 is 22.5. The molecule has 0 aliphatic carbocycles. The SMILES string of the molecule is CCOC(=O)c1c(-c2ccc(OC)cc2)oc2ccc(OCc3ccc(Cl)cc3Cl)cc12. The van der Waals surface area contributed by atoms with Gasteiger partial charge in [0.05, 0.1) is 13.7 Å². The van der Waals surface area contributed by atoms with Crippen molar-refractivity contribution < 1.29 is 23.4 Å². The van der Waals surface area contributed by atoms with Crippen LogP contribution in [0.3, 0.4) is 0 Å². The van der Waals surface area contributed by atoms with Crippen molar-refractivity contribution >= 4 is 40.1 Å². The van der Waals surface area contributed by atoms with Gasteiger partial charge in [0.15, 0.2) is 0 Å². The molecule has 0 saturated carbocycles. The molecule has 4 rings (SSSR count). The molecule has 32 heavy (non-hydrogen) atoms. The Morgan fingerprint density at radius 3 is 2.41 bits per heavy atom. The smallest absolute Gasteiger partial charge is 0.342 e. The van der Waals surface area contributed by atoms with E-state index in [1.54, 1.807) is 44.4 Å². The zero-order valence-corrected chi connectivity index (χ0v) is 19.0. The molecule has 0 bridgehead atoms. The Balaban J connectivity index is 1.72. The Kier molecular flexibility index (Phi) is 6.58. The summed E-state index contributed by atoms with van der Waals surface area (Å²) in [7, 11) is 1.60. The van der Waals surface area contributed by atoms with Gasteiger partial charge in [-0.2, -0.15) is 0 Å². The molecule has 1 aromatic heterocycles. The van der Waals surface area contributed by atoms with Gasteiger partial charge in [-0.1, -0.05) is 29.3 Å². The van der Waals surface area contributed by atoms with E-state index in [2.05, 4.69) is 0 Å². The summed E-state index contributed by atoms with van der Waals surface area (Å²) >= 11 is 12.2. The first-order valence-corrected chi connectivity index (χ1v) is 10.7. The molecule has 0 aliphatic heterocycles. The second kappa shape index (κ2) is 9.55. The van der Waals surface area contributed by atoms with E-state index >= 15 is 0 Å². The number of methoxy groups -OCH3 is 1. The lowest BCUT2D eigenvalue weighted by molar-refractivity contribution is 0.0528. The highest BCUT2D eigenvalue weighted by molar-refractivity contribution is 6.35. The summed E-state index contributed by atoms with van der Waals surface area (Å²) in [5.41, 5.74) is 2.44. The summed E-state index contributed by atoms with van der Waals surface area (Å²) in [5, 5.41) is 1.69. The number of halogens is 2. The number of esters is 1. The molecule has 7 heteroatoms. The molecule has 1 heterocycles. The Morgan fingerprint density at radius 1 is 0.969 bits per heavy atom. The van der Waals surface area contributed by atoms with Crippen LogP contribution >= 0.6 is 23.2 Å². The molecule has 164 valence electrons. The van der Waals surface area contributed by atoms with Crippen LogP contribution in [0.15, 0.2) is 65.1 Å². The first-order chi connectivity index (χ1) is 15.5. The molecule has 0 fully saturated rings. The first-order valence-electron chi connectivity index (χ1n) is 9.95. The average molecular weight is 471 g/mol. The van der Waals surface area contributed by atoms with Gasteiger partial charge in [0.25, 0.3) is 0 Å². The number of hydrogen-bond acceptors (Lipinski definition) is 5. The number of rotatable bonds is 7. The van der Waals surface area contributed by atoms with E-state index in [-0.39, 0.29) is 13.2 Å². The van der Waals surface area contributed by atoms with Crippen molar-refractivity contribution in [3.05, 3.63) is 81.8 Å². The molecule has 0 saturated heterocycles. The fourth-order valence-corrected chi connectivity index (χ4v) is 3.78. The highest BCUT2D eigenvalue weighted by Gasteiger charge is 2.24. The predicted octanol–water partition coefficient (Wildman–Crippen LogP) is 7.17. The van der Waals surface area contributed by atoms with Crippen LogP contribution in [0.4, 0.5) is 0 Å². The standard InChI is InChI=1S/C25H20Cl2O5/c1-3-30-25(28)23-20-13-19(31-14-16-4-7-17(26)12-21(16)27)10-11-22(20)32-24(23)15-5-8-18(29-2)9-6-15/h4-13H,3,14H2,1-2H3. The maximum atomic E-state index is 12.8. The summed E-state index contributed by atoms with van der Waals surface area (Å²) in [6, 6.07) is 17.8. The third-order valence-corrected chi connectivity index (χ3v) is 5.49. The molecule has 0 amide bonds. The van der Waals surface area contributed by atoms with Crippen LogP contribution in [0.25, 0.3) is 22.3 Å². The molecule has 0 atom stereocenters. The third-order valence-electron chi connectivity index (χ3n) is 4.90. The summed E-state index contributed by atoms with van der Waals surface area (Å²) in [6.07, 6.45) is 0. The zero-order valence-electron chi connectivity index (χ0n) is 17.5. The second-order valence-electron chi connectivity index (χ2n) is 6.94. The van der Waals surface area contributed by atoms with Gasteiger partial charge in [0.1, 0.15) is 35.0 Å². The molecule has 4 aromatic rings. The van der Waals surface area contributed by atoms with Crippen LogP contribution in [-0.4, -0.2) is 19.7 Å². The molecule has 3 aromatic carbocycles. The van der Waals surface area contributed by atoms with Crippen molar-refractivity contribution in [1.82, 2.24) is 0 Å². The Labute approximate surface area is 195 Å². The van der Waals surface area contributed by atoms with Gasteiger partial charge in [-0.3, -0.25) is 0 Å². The van der Waals surface area contributed by atoms with Gasteiger partial charge in [-0.05, 0) is 61.5 Å². The first kappa shape index (κ1) is 22.1. The second-order valence-corrected chi connectivity index (χ2v) is 7.78. The Bertz CT molecular complexity index is 1260. The summed E-state index contributed by atoms with van der Waals surface area (Å²) in [5.74, 6) is 1.24. The van der Waals surface area contributed by atoms with E-state index < -0.39 is 5.97 Å². The summed E-state index contributed by atoms with van der Waals surface area (Å²) in [6.45, 7) is 2.26. The van der Waals surface area contributed by atoms with E-state index in [0.717, 1.165) is 11.1 Å². The monoisotopic (exact) mass is 470 g/mol. The topological polar surface area (TPSA) is 57.9 Å². The number of hydrogen-bond donors (Lipinski definition) is 0. The van der Waals surface area contributed by atoms with Crippen LogP contribution in [-0.2, 0) is 11.3 Å². The lowest BCUT2D eigenvalue weighted by atomic mass is 10.1. The quantitative estimate of drug-likeness (QED) is 0.268. The molecule has 0 spiro atoms. The average Bonchev–Trinajstić information content (AvgIpc) is 3.17. The van der Waals surface area contributed by atoms with E-state index in [4.69, 9.17) is 41.8 Å². The van der Waals surface area contributed by atoms with Crippen LogP contribution in [0.5, 0.6) is 11.5 Å². The maximum Gasteiger partial charge on any atom is 0.342 e. The molecule has 0 unspecified atom stereocenters. The number of furan rings is 1. The van der Waals surface area contributed by atoms with Crippen molar-refractivity contribution in [2.24, 2.45) is 0 Å². The van der Waals surface area contributed by atoms with Crippen molar-refractivity contribution in [3.8, 4) is 22.8 Å². The minimum Gasteiger partial charge on any atom is -0.497 e. The van der Waals surface area contributed by atoms with Crippen LogP contribution < -0.4 is 9.47 Å². The number of fused-ring (bicyclic) bond motifs is 1. The van der Waals surface area contributed by atoms with Gasteiger partial charge in [-0.15, -0.1) is 0 Å². The van der Waals surface area contributed by atoms with Crippen LogP contribution in [0, 0.1) is 0 Å². The van der Waals surface area contributed by atoms with Crippen molar-refractivity contribution in [1.29, 1.82) is 0 Å². The minimum absolute atomic E-state index is 0.249. The highest BCUT2D eigenvalue weighted by Crippen LogP contribution is 2.37. The molecule has 5 nitrogen and oxygen atoms in total. The lowest BCUT2D eigenvalue weighted by Crippen LogP contribution is -2.05. The predicted molar refractivity (Wildman–Crippen MR) is 125 cm³/mol. The number of ether oxygens (including phenoxy) is 3. The summed E-state index contributed by atoms with van der Waals surface area (Å²) in [4.78, 5) is 12.8. The van der Waals surface area contributed by atoms with E-state index in [0.29, 0.717) is 43.8 Å². The Morgan fingerprint density at radius 2 is 1.72 bits per heavy atom. The minimum atomic E-state index is -0.463. The fraction of sp³-hybridized carbons (Fsp3) is 0.160. The van der Waals surface area contributed by atoms with Gasteiger partial charge in [0, 0.05) is 26.6 Å². The van der Waals surface area contributed by atoms with Crippen molar-refractivity contribution in [3.63, 3.8) is 0 Å². The zero-order chi connectivity index (χ0) is 22.7. The molecular formula is C25H20Cl2O5. The highest BCUT2D eigenvalue weighted by atomic mass is 35.5. The number of carbonyl (C=O) groups is 1. The number of benzene rings is 3. The largest absolute Gasteiger partial charge is 0.497 e. The van der Waals surface area contributed by atoms with E-state index in [1.165, 1.54) is 0 Å². The number of carbonyl (C=O) groups excluding carboxylic acids is 1. The Hall–Kier alpha value is -3.15. The molecule has 0 N–H and O–H groups in total. The van der Waals surface area contributed by atoms with E-state index in [1.807, 2.05) is 30.3 Å². The third kappa shape index (κ3) is 4.54. The van der Waals surface area contributed by atoms with Crippen molar-refractivity contribution in [2.45, 2.75) is 13.5 Å². The fourth-order valence-electron chi connectivity index (χ4n) is 3.32. The maximum absolute atomic E-state index is 12.8. The molecule has 0 aliphatic rings. The van der Waals surface area contributed by atoms with E-state index in [9.17, 15) is 4.79 Å². The van der Waals surface area contributed by atoms with Gasteiger partial charge >= 0.3 is 5.97 Å². The van der Waals surface area contributed by atoms with Gasteiger partial charge in [0.2, 0.25) is 0 Å². The van der Waals surface area contributed by atoms with Gasteiger partial charge in [-0.25, -0.2) is 4.79 Å². The van der Waals surface area contributed by atoms with Crippen molar-refractivity contribution in [2.75, 3.05) is 13.7 Å². The van der Waals surface area contributed by atoms with Crippen LogP contribution in [0.2, 0.25) is 10.0 Å². The van der Waals surface area contributed by atoms with Gasteiger partial charge < -0.3 is 18.6 Å². The van der Waals surface area contributed by atoms with Crippen LogP contribution in [0.1, 0.15) is 22.8 Å². The molecular weight excluding hydrogens is 451 g/mol. The molecule has 0 radical (unpaired) electrons.